The first-order valence-electron chi connectivity index (χ1n) is 7.97. The van der Waals surface area contributed by atoms with E-state index in [1.807, 2.05) is 66.9 Å². The average Bonchev–Trinajstić information content (AvgIpc) is 3.06. The second-order valence-corrected chi connectivity index (χ2v) is 6.74. The number of hydrogen-bond acceptors (Lipinski definition) is 5. The Kier molecular flexibility index (Phi) is 5.28. The van der Waals surface area contributed by atoms with Crippen LogP contribution in [0.15, 0.2) is 60.0 Å². The molecule has 0 spiro atoms. The van der Waals surface area contributed by atoms with E-state index in [0.29, 0.717) is 0 Å². The highest BCUT2D eigenvalue weighted by molar-refractivity contribution is 7.09. The van der Waals surface area contributed by atoms with E-state index in [-0.39, 0.29) is 0 Å². The van der Waals surface area contributed by atoms with E-state index in [1.165, 1.54) is 0 Å². The van der Waals surface area contributed by atoms with Crippen molar-refractivity contribution < 1.29 is 9.59 Å². The van der Waals surface area contributed by atoms with Gasteiger partial charge in [0.05, 0.1) is 10.7 Å². The van der Waals surface area contributed by atoms with Crippen LogP contribution in [-0.4, -0.2) is 16.9 Å². The van der Waals surface area contributed by atoms with Crippen LogP contribution in [0.1, 0.15) is 16.6 Å². The normalized spacial score (nSPS) is 11.6. The lowest BCUT2D eigenvalue weighted by molar-refractivity contribution is -0.120. The predicted octanol–water partition coefficient (Wildman–Crippen LogP) is 3.47. The number of carbonyl (C=O) groups is 2. The molecule has 1 heterocycles. The Hall–Kier alpha value is -3.19. The average molecular weight is 366 g/mol. The summed E-state index contributed by atoms with van der Waals surface area (Å²) in [5, 5.41) is 8.29. The Labute approximate surface area is 155 Å². The van der Waals surface area contributed by atoms with Gasteiger partial charge in [-0.3, -0.25) is 10.1 Å². The first-order valence-corrected chi connectivity index (χ1v) is 8.85. The van der Waals surface area contributed by atoms with Gasteiger partial charge in [-0.15, -0.1) is 11.3 Å². The number of primary amides is 1. The summed E-state index contributed by atoms with van der Waals surface area (Å²) >= 11 is 1.58. The maximum absolute atomic E-state index is 12.4. The van der Waals surface area contributed by atoms with Crippen molar-refractivity contribution in [1.29, 1.82) is 0 Å². The van der Waals surface area contributed by atoms with E-state index in [4.69, 9.17) is 5.73 Å². The molecule has 0 aliphatic heterocycles. The number of aromatic nitrogens is 1. The molecular formula is C19H18N4O2S. The first kappa shape index (κ1) is 17.6. The summed E-state index contributed by atoms with van der Waals surface area (Å²) in [5.74, 6) is -0.515. The highest BCUT2D eigenvalue weighted by Crippen LogP contribution is 2.26. The molecular weight excluding hydrogens is 348 g/mol. The van der Waals surface area contributed by atoms with Gasteiger partial charge in [0.2, 0.25) is 0 Å². The predicted molar refractivity (Wildman–Crippen MR) is 103 cm³/mol. The second-order valence-electron chi connectivity index (χ2n) is 5.67. The fourth-order valence-electron chi connectivity index (χ4n) is 2.57. The Balaban J connectivity index is 1.89. The third kappa shape index (κ3) is 4.25. The Bertz CT molecular complexity index is 924. The van der Waals surface area contributed by atoms with Crippen molar-refractivity contribution in [3.63, 3.8) is 0 Å². The van der Waals surface area contributed by atoms with Crippen LogP contribution in [0, 0.1) is 6.92 Å². The molecule has 1 atom stereocenters. The summed E-state index contributed by atoms with van der Waals surface area (Å²) in [7, 11) is 0. The highest BCUT2D eigenvalue weighted by Gasteiger charge is 2.21. The zero-order chi connectivity index (χ0) is 18.5. The number of carbonyl (C=O) groups excluding carboxylic acids is 2. The number of nitrogens with zero attached hydrogens (tertiary/aromatic N) is 1. The molecule has 2 aromatic carbocycles. The largest absolute Gasteiger partial charge is 0.370 e. The standard InChI is InChI=1S/C19H18N4O2S/c1-12-21-16(11-26-12)14-8-5-9-15(10-14)22-17(18(24)23-19(20)25)13-6-3-2-4-7-13/h2-11,17,22H,1H3,(H3,20,23,24,25). The summed E-state index contributed by atoms with van der Waals surface area (Å²) in [4.78, 5) is 28.0. The van der Waals surface area contributed by atoms with Gasteiger partial charge in [0.25, 0.3) is 5.91 Å². The number of hydrogen-bond donors (Lipinski definition) is 3. The number of rotatable bonds is 5. The van der Waals surface area contributed by atoms with Gasteiger partial charge in [-0.05, 0) is 24.6 Å². The molecule has 0 fully saturated rings. The molecule has 7 heteroatoms. The minimum Gasteiger partial charge on any atom is -0.370 e. The summed E-state index contributed by atoms with van der Waals surface area (Å²) < 4.78 is 0. The molecule has 0 saturated carbocycles. The Morgan fingerprint density at radius 2 is 1.88 bits per heavy atom. The van der Waals surface area contributed by atoms with Gasteiger partial charge >= 0.3 is 6.03 Å². The number of amides is 3. The third-order valence-corrected chi connectivity index (χ3v) is 4.50. The number of aryl methyl sites for hydroxylation is 1. The fraction of sp³-hybridized carbons (Fsp3) is 0.105. The Morgan fingerprint density at radius 1 is 1.12 bits per heavy atom. The van der Waals surface area contributed by atoms with Gasteiger partial charge in [0, 0.05) is 16.6 Å². The van der Waals surface area contributed by atoms with Crippen LogP contribution in [-0.2, 0) is 4.79 Å². The van der Waals surface area contributed by atoms with Gasteiger partial charge in [0.15, 0.2) is 0 Å². The number of nitrogens with one attached hydrogen (secondary N) is 2. The highest BCUT2D eigenvalue weighted by atomic mass is 32.1. The van der Waals surface area contributed by atoms with Crippen LogP contribution in [0.5, 0.6) is 0 Å². The molecule has 0 saturated heterocycles. The zero-order valence-electron chi connectivity index (χ0n) is 14.1. The summed E-state index contributed by atoms with van der Waals surface area (Å²) in [6, 6.07) is 15.1. The molecule has 4 N–H and O–H groups in total. The van der Waals surface area contributed by atoms with E-state index in [0.717, 1.165) is 27.5 Å². The lowest BCUT2D eigenvalue weighted by Crippen LogP contribution is -2.40. The molecule has 132 valence electrons. The maximum atomic E-state index is 12.4. The minimum atomic E-state index is -0.885. The van der Waals surface area contributed by atoms with Crippen molar-refractivity contribution in [2.75, 3.05) is 5.32 Å². The minimum absolute atomic E-state index is 0.515. The van der Waals surface area contributed by atoms with Crippen LogP contribution in [0.2, 0.25) is 0 Å². The van der Waals surface area contributed by atoms with Crippen molar-refractivity contribution in [1.82, 2.24) is 10.3 Å². The molecule has 0 bridgehead atoms. The van der Waals surface area contributed by atoms with Crippen molar-refractivity contribution in [2.24, 2.45) is 5.73 Å². The number of imide groups is 1. The van der Waals surface area contributed by atoms with E-state index < -0.39 is 18.0 Å². The van der Waals surface area contributed by atoms with E-state index in [1.54, 1.807) is 11.3 Å². The Morgan fingerprint density at radius 3 is 2.54 bits per heavy atom. The molecule has 0 aliphatic rings. The van der Waals surface area contributed by atoms with Crippen molar-refractivity contribution >= 4 is 29.0 Å². The second kappa shape index (κ2) is 7.79. The molecule has 1 unspecified atom stereocenters. The number of thiazole rings is 1. The number of anilines is 1. The van der Waals surface area contributed by atoms with E-state index in [9.17, 15) is 9.59 Å². The SMILES string of the molecule is Cc1nc(-c2cccc(NC(C(=O)NC(N)=O)c3ccccc3)c2)cs1. The van der Waals surface area contributed by atoms with Crippen molar-refractivity contribution in [3.8, 4) is 11.3 Å². The maximum Gasteiger partial charge on any atom is 0.318 e. The molecule has 6 nitrogen and oxygen atoms in total. The molecule has 0 radical (unpaired) electrons. The van der Waals surface area contributed by atoms with E-state index >= 15 is 0 Å². The van der Waals surface area contributed by atoms with Gasteiger partial charge < -0.3 is 11.1 Å². The molecule has 26 heavy (non-hydrogen) atoms. The quantitative estimate of drug-likeness (QED) is 0.644. The zero-order valence-corrected chi connectivity index (χ0v) is 14.9. The lowest BCUT2D eigenvalue weighted by atomic mass is 10.1. The van der Waals surface area contributed by atoms with Crippen LogP contribution in [0.25, 0.3) is 11.3 Å². The van der Waals surface area contributed by atoms with Crippen LogP contribution in [0.4, 0.5) is 10.5 Å². The fourth-order valence-corrected chi connectivity index (χ4v) is 3.19. The van der Waals surface area contributed by atoms with Gasteiger partial charge in [-0.25, -0.2) is 9.78 Å². The monoisotopic (exact) mass is 366 g/mol. The molecule has 3 aromatic rings. The summed E-state index contributed by atoms with van der Waals surface area (Å²) in [5.41, 5.74) is 8.39. The number of nitrogens with two attached hydrogens (primary N) is 1. The van der Waals surface area contributed by atoms with E-state index in [2.05, 4.69) is 15.6 Å². The van der Waals surface area contributed by atoms with Gasteiger partial charge in [0.1, 0.15) is 6.04 Å². The van der Waals surface area contributed by atoms with Gasteiger partial charge in [-0.2, -0.15) is 0 Å². The molecule has 1 aromatic heterocycles. The molecule has 3 amide bonds. The smallest absolute Gasteiger partial charge is 0.318 e. The van der Waals surface area contributed by atoms with Crippen LogP contribution < -0.4 is 16.4 Å². The first-order chi connectivity index (χ1) is 12.5. The molecule has 0 aliphatic carbocycles. The van der Waals surface area contributed by atoms with Crippen LogP contribution >= 0.6 is 11.3 Å². The van der Waals surface area contributed by atoms with Crippen LogP contribution in [0.3, 0.4) is 0 Å². The van der Waals surface area contributed by atoms with Gasteiger partial charge in [-0.1, -0.05) is 42.5 Å². The van der Waals surface area contributed by atoms with Crippen molar-refractivity contribution in [2.45, 2.75) is 13.0 Å². The third-order valence-electron chi connectivity index (χ3n) is 3.73. The topological polar surface area (TPSA) is 97.1 Å². The lowest BCUT2D eigenvalue weighted by Gasteiger charge is -2.19. The number of urea groups is 1. The van der Waals surface area contributed by atoms with Crippen molar-refractivity contribution in [3.05, 3.63) is 70.5 Å². The summed E-state index contributed by atoms with van der Waals surface area (Å²) in [6.07, 6.45) is 0. The molecule has 3 rings (SSSR count). The summed E-state index contributed by atoms with van der Waals surface area (Å²) in [6.45, 7) is 1.95. The number of benzene rings is 2.